The number of nitrogens with zero attached hydrogens (tertiary/aromatic N) is 2. The third kappa shape index (κ3) is 3.75. The second kappa shape index (κ2) is 8.59. The molecule has 7 heteroatoms. The van der Waals surface area contributed by atoms with Crippen LogP contribution in [0, 0.1) is 5.82 Å². The number of amides is 1. The summed E-state index contributed by atoms with van der Waals surface area (Å²) in [4.78, 5) is 31.1. The van der Waals surface area contributed by atoms with Crippen LogP contribution in [0.25, 0.3) is 22.0 Å². The van der Waals surface area contributed by atoms with Crippen LogP contribution < -0.4 is 4.74 Å². The zero-order chi connectivity index (χ0) is 23.8. The summed E-state index contributed by atoms with van der Waals surface area (Å²) in [5.74, 6) is -0.773. The number of carbonyl (C=O) groups excluding carboxylic acids is 2. The summed E-state index contributed by atoms with van der Waals surface area (Å²) in [6, 6.07) is 16.7. The maximum atomic E-state index is 13.4. The van der Waals surface area contributed by atoms with Crippen molar-refractivity contribution in [3.63, 3.8) is 0 Å². The summed E-state index contributed by atoms with van der Waals surface area (Å²) in [5, 5.41) is 11.7. The van der Waals surface area contributed by atoms with Crippen LogP contribution in [-0.2, 0) is 17.9 Å². The molecule has 4 aromatic rings. The molecule has 0 saturated carbocycles. The Hall–Kier alpha value is -4.26. The second-order valence-corrected chi connectivity index (χ2v) is 8.12. The first-order valence-corrected chi connectivity index (χ1v) is 10.9. The largest absolute Gasteiger partial charge is 0.505 e. The number of carbonyl (C=O) groups is 2. The third-order valence-electron chi connectivity index (χ3n) is 5.92. The zero-order valence-corrected chi connectivity index (χ0v) is 18.4. The van der Waals surface area contributed by atoms with Crippen LogP contribution in [0.5, 0.6) is 11.5 Å². The highest BCUT2D eigenvalue weighted by molar-refractivity contribution is 6.12. The molecule has 1 aliphatic rings. The monoisotopic (exact) mass is 456 g/mol. The van der Waals surface area contributed by atoms with E-state index in [0.717, 1.165) is 16.7 Å². The molecule has 0 aliphatic carbocycles. The van der Waals surface area contributed by atoms with Crippen LogP contribution in [0.4, 0.5) is 4.39 Å². The van der Waals surface area contributed by atoms with E-state index in [9.17, 15) is 19.1 Å². The van der Waals surface area contributed by atoms with Crippen molar-refractivity contribution in [1.82, 2.24) is 9.88 Å². The summed E-state index contributed by atoms with van der Waals surface area (Å²) in [7, 11) is 0. The third-order valence-corrected chi connectivity index (χ3v) is 5.92. The number of esters is 1. The highest BCUT2D eigenvalue weighted by Crippen LogP contribution is 2.44. The molecule has 3 aromatic carbocycles. The highest BCUT2D eigenvalue weighted by atomic mass is 19.1. The number of fused-ring (bicyclic) bond motifs is 2. The summed E-state index contributed by atoms with van der Waals surface area (Å²) >= 11 is 0. The van der Waals surface area contributed by atoms with Gasteiger partial charge in [0.25, 0.3) is 5.91 Å². The first kappa shape index (κ1) is 21.6. The van der Waals surface area contributed by atoms with E-state index in [1.807, 2.05) is 12.1 Å². The van der Waals surface area contributed by atoms with Gasteiger partial charge in [0.2, 0.25) is 0 Å². The SMILES string of the molecule is CCC(=O)Oc1cccc(-c2c3c(c(O)c4ncccc24)C(=O)N(Cc2ccc(F)cc2)C3)c1. The van der Waals surface area contributed by atoms with Gasteiger partial charge in [0.15, 0.2) is 5.75 Å². The average molecular weight is 456 g/mol. The topological polar surface area (TPSA) is 79.7 Å². The number of ether oxygens (including phenoxy) is 1. The van der Waals surface area contributed by atoms with Crippen LogP contribution in [0.3, 0.4) is 0 Å². The average Bonchev–Trinajstić information content (AvgIpc) is 3.16. The molecular weight excluding hydrogens is 435 g/mol. The van der Waals surface area contributed by atoms with Crippen molar-refractivity contribution in [2.24, 2.45) is 0 Å². The van der Waals surface area contributed by atoms with Gasteiger partial charge in [-0.3, -0.25) is 14.6 Å². The number of hydrogen-bond donors (Lipinski definition) is 1. The number of pyridine rings is 1. The van der Waals surface area contributed by atoms with Crippen molar-refractivity contribution >= 4 is 22.8 Å². The minimum Gasteiger partial charge on any atom is -0.505 e. The molecule has 0 saturated heterocycles. The number of hydrogen-bond acceptors (Lipinski definition) is 5. The molecule has 0 spiro atoms. The summed E-state index contributed by atoms with van der Waals surface area (Å²) in [5.41, 5.74) is 3.47. The zero-order valence-electron chi connectivity index (χ0n) is 18.4. The van der Waals surface area contributed by atoms with Crippen molar-refractivity contribution in [3.8, 4) is 22.6 Å². The van der Waals surface area contributed by atoms with E-state index in [-0.39, 0.29) is 48.5 Å². The Kier molecular flexibility index (Phi) is 5.45. The van der Waals surface area contributed by atoms with Crippen LogP contribution in [-0.4, -0.2) is 26.9 Å². The Morgan fingerprint density at radius 1 is 1.12 bits per heavy atom. The van der Waals surface area contributed by atoms with Gasteiger partial charge in [-0.05, 0) is 52.6 Å². The van der Waals surface area contributed by atoms with E-state index < -0.39 is 0 Å². The number of rotatable bonds is 5. The lowest BCUT2D eigenvalue weighted by Gasteiger charge is -2.16. The molecule has 1 amide bonds. The lowest BCUT2D eigenvalue weighted by atomic mass is 9.91. The highest BCUT2D eigenvalue weighted by Gasteiger charge is 2.35. The van der Waals surface area contributed by atoms with Gasteiger partial charge in [-0.2, -0.15) is 0 Å². The van der Waals surface area contributed by atoms with Crippen molar-refractivity contribution in [3.05, 3.63) is 89.4 Å². The van der Waals surface area contributed by atoms with Gasteiger partial charge >= 0.3 is 5.97 Å². The van der Waals surface area contributed by atoms with Crippen molar-refractivity contribution in [2.45, 2.75) is 26.4 Å². The van der Waals surface area contributed by atoms with Gasteiger partial charge in [0, 0.05) is 31.1 Å². The maximum Gasteiger partial charge on any atom is 0.310 e. The van der Waals surface area contributed by atoms with Gasteiger partial charge in [0.1, 0.15) is 17.1 Å². The van der Waals surface area contributed by atoms with Crippen LogP contribution in [0.2, 0.25) is 0 Å². The number of phenols is 1. The van der Waals surface area contributed by atoms with E-state index in [1.165, 1.54) is 12.1 Å². The number of aromatic nitrogens is 1. The van der Waals surface area contributed by atoms with Crippen LogP contribution >= 0.6 is 0 Å². The van der Waals surface area contributed by atoms with Crippen LogP contribution in [0.15, 0.2) is 66.9 Å². The first-order valence-electron chi connectivity index (χ1n) is 10.9. The molecule has 0 unspecified atom stereocenters. The lowest BCUT2D eigenvalue weighted by Crippen LogP contribution is -2.23. The summed E-state index contributed by atoms with van der Waals surface area (Å²) in [6.45, 7) is 2.25. The van der Waals surface area contributed by atoms with Crippen molar-refractivity contribution in [2.75, 3.05) is 0 Å². The molecule has 1 aliphatic heterocycles. The first-order chi connectivity index (χ1) is 16.5. The summed E-state index contributed by atoms with van der Waals surface area (Å²) in [6.07, 6.45) is 1.81. The standard InChI is InChI=1S/C27H21FN2O4/c1-2-22(31)34-19-6-3-5-17(13-19)23-20-7-4-12-29-25(20)26(32)24-21(23)15-30(27(24)33)14-16-8-10-18(28)11-9-16/h3-13,32H,2,14-15H2,1H3. The minimum absolute atomic E-state index is 0.158. The molecule has 34 heavy (non-hydrogen) atoms. The normalized spacial score (nSPS) is 12.8. The molecule has 0 atom stereocenters. The second-order valence-electron chi connectivity index (χ2n) is 8.12. The quantitative estimate of drug-likeness (QED) is 0.329. The van der Waals surface area contributed by atoms with Gasteiger partial charge < -0.3 is 14.7 Å². The van der Waals surface area contributed by atoms with Crippen molar-refractivity contribution in [1.29, 1.82) is 0 Å². The predicted molar refractivity (Wildman–Crippen MR) is 125 cm³/mol. The Morgan fingerprint density at radius 2 is 1.91 bits per heavy atom. The van der Waals surface area contributed by atoms with E-state index in [0.29, 0.717) is 22.2 Å². The maximum absolute atomic E-state index is 13.4. The predicted octanol–water partition coefficient (Wildman–Crippen LogP) is 5.22. The number of phenolic OH excluding ortho intramolecular Hbond substituents is 1. The molecule has 0 radical (unpaired) electrons. The molecular formula is C27H21FN2O4. The fourth-order valence-electron chi connectivity index (χ4n) is 4.34. The van der Waals surface area contributed by atoms with E-state index in [1.54, 1.807) is 54.4 Å². The van der Waals surface area contributed by atoms with E-state index in [4.69, 9.17) is 4.74 Å². The van der Waals surface area contributed by atoms with E-state index in [2.05, 4.69) is 4.98 Å². The van der Waals surface area contributed by atoms with Gasteiger partial charge in [0.05, 0.1) is 5.56 Å². The number of aromatic hydroxyl groups is 1. The minimum atomic E-state index is -0.347. The van der Waals surface area contributed by atoms with Gasteiger partial charge in [-0.25, -0.2) is 4.39 Å². The van der Waals surface area contributed by atoms with Gasteiger partial charge in [-0.1, -0.05) is 37.3 Å². The summed E-state index contributed by atoms with van der Waals surface area (Å²) < 4.78 is 18.7. The number of halogens is 1. The molecule has 6 nitrogen and oxygen atoms in total. The van der Waals surface area contributed by atoms with E-state index >= 15 is 0 Å². The Bertz CT molecular complexity index is 1430. The van der Waals surface area contributed by atoms with Crippen molar-refractivity contribution < 1.29 is 23.8 Å². The molecule has 0 fully saturated rings. The fourth-order valence-corrected chi connectivity index (χ4v) is 4.34. The Labute approximate surface area is 195 Å². The molecule has 1 aromatic heterocycles. The molecule has 0 bridgehead atoms. The smallest absolute Gasteiger partial charge is 0.310 e. The lowest BCUT2D eigenvalue weighted by molar-refractivity contribution is -0.134. The molecule has 170 valence electrons. The fraction of sp³-hybridized carbons (Fsp3) is 0.148. The van der Waals surface area contributed by atoms with Gasteiger partial charge in [-0.15, -0.1) is 0 Å². The molecule has 1 N–H and O–H groups in total. The Balaban J connectivity index is 1.64. The molecule has 5 rings (SSSR count). The van der Waals surface area contributed by atoms with Crippen LogP contribution in [0.1, 0.15) is 34.8 Å². The molecule has 2 heterocycles. The number of benzene rings is 3. The Morgan fingerprint density at radius 3 is 2.68 bits per heavy atom.